The summed E-state index contributed by atoms with van der Waals surface area (Å²) in [6.07, 6.45) is -0.551. The Morgan fingerprint density at radius 1 is 1.44 bits per heavy atom. The summed E-state index contributed by atoms with van der Waals surface area (Å²) in [6.45, 7) is 0.260. The summed E-state index contributed by atoms with van der Waals surface area (Å²) in [4.78, 5) is 24.3. The SMILES string of the molecule is N#C[C@@H]1CN(C(=O)OCc2ccccc2)CC1=O. The molecular weight excluding hydrogens is 232 g/mol. The van der Waals surface area contributed by atoms with E-state index in [2.05, 4.69) is 0 Å². The number of Topliss-reactive ketones (excluding diaryl/α,β-unsaturated/α-hetero) is 1. The highest BCUT2D eigenvalue weighted by Crippen LogP contribution is 2.13. The fourth-order valence-corrected chi connectivity index (χ4v) is 1.75. The smallest absolute Gasteiger partial charge is 0.410 e. The van der Waals surface area contributed by atoms with Gasteiger partial charge in [-0.3, -0.25) is 9.69 Å². The van der Waals surface area contributed by atoms with Gasteiger partial charge in [0.15, 0.2) is 5.78 Å². The molecule has 1 saturated heterocycles. The maximum absolute atomic E-state index is 11.7. The van der Waals surface area contributed by atoms with Crippen LogP contribution in [0.3, 0.4) is 0 Å². The molecule has 1 aromatic rings. The monoisotopic (exact) mass is 244 g/mol. The van der Waals surface area contributed by atoms with E-state index < -0.39 is 12.0 Å². The summed E-state index contributed by atoms with van der Waals surface area (Å²) < 4.78 is 5.08. The van der Waals surface area contributed by atoms with Gasteiger partial charge >= 0.3 is 6.09 Å². The first-order chi connectivity index (χ1) is 8.70. The van der Waals surface area contributed by atoms with Gasteiger partial charge in [0.2, 0.25) is 0 Å². The summed E-state index contributed by atoms with van der Waals surface area (Å²) in [5, 5.41) is 8.69. The second-order valence-electron chi connectivity index (χ2n) is 4.07. The molecule has 1 aliphatic heterocycles. The minimum atomic E-state index is -0.714. The minimum Gasteiger partial charge on any atom is -0.445 e. The first kappa shape index (κ1) is 12.1. The largest absolute Gasteiger partial charge is 0.445 e. The zero-order valence-electron chi connectivity index (χ0n) is 9.70. The highest BCUT2D eigenvalue weighted by atomic mass is 16.6. The van der Waals surface area contributed by atoms with Gasteiger partial charge in [-0.15, -0.1) is 0 Å². The van der Waals surface area contributed by atoms with E-state index in [1.807, 2.05) is 36.4 Å². The lowest BCUT2D eigenvalue weighted by Gasteiger charge is -2.14. The van der Waals surface area contributed by atoms with Crippen molar-refractivity contribution in [3.63, 3.8) is 0 Å². The Labute approximate surface area is 105 Å². The fourth-order valence-electron chi connectivity index (χ4n) is 1.75. The van der Waals surface area contributed by atoms with Gasteiger partial charge in [0.25, 0.3) is 0 Å². The molecule has 0 saturated carbocycles. The summed E-state index contributed by atoms with van der Waals surface area (Å²) in [6, 6.07) is 11.2. The molecule has 0 aliphatic carbocycles. The molecule has 0 radical (unpaired) electrons. The van der Waals surface area contributed by atoms with E-state index in [0.29, 0.717) is 0 Å². The van der Waals surface area contributed by atoms with Gasteiger partial charge in [-0.25, -0.2) is 4.79 Å². The van der Waals surface area contributed by atoms with Gasteiger partial charge < -0.3 is 4.74 Å². The predicted molar refractivity (Wildman–Crippen MR) is 62.3 cm³/mol. The number of likely N-dealkylation sites (tertiary alicyclic amines) is 1. The van der Waals surface area contributed by atoms with E-state index in [1.165, 1.54) is 4.90 Å². The van der Waals surface area contributed by atoms with Crippen molar-refractivity contribution in [2.24, 2.45) is 5.92 Å². The molecule has 0 spiro atoms. The molecule has 5 heteroatoms. The third kappa shape index (κ3) is 2.66. The number of ketones is 1. The Balaban J connectivity index is 1.87. The number of hydrogen-bond donors (Lipinski definition) is 0. The summed E-state index contributed by atoms with van der Waals surface area (Å²) in [7, 11) is 0. The molecule has 0 unspecified atom stereocenters. The lowest BCUT2D eigenvalue weighted by Crippen LogP contribution is -2.29. The molecule has 92 valence electrons. The van der Waals surface area contributed by atoms with E-state index in [0.717, 1.165) is 5.56 Å². The molecule has 1 fully saturated rings. The fraction of sp³-hybridized carbons (Fsp3) is 0.308. The Hall–Kier alpha value is -2.35. The number of carbonyl (C=O) groups excluding carboxylic acids is 2. The number of nitrogens with zero attached hydrogens (tertiary/aromatic N) is 2. The standard InChI is InChI=1S/C13H12N2O3/c14-6-11-7-15(8-12(11)16)13(17)18-9-10-4-2-1-3-5-10/h1-5,11H,7-9H2/t11-/m1/s1. The van der Waals surface area contributed by atoms with Crippen LogP contribution >= 0.6 is 0 Å². The van der Waals surface area contributed by atoms with E-state index >= 15 is 0 Å². The van der Waals surface area contributed by atoms with E-state index in [1.54, 1.807) is 0 Å². The molecular formula is C13H12N2O3. The topological polar surface area (TPSA) is 70.4 Å². The van der Waals surface area contributed by atoms with Crippen LogP contribution in [0.15, 0.2) is 30.3 Å². The van der Waals surface area contributed by atoms with E-state index in [9.17, 15) is 9.59 Å². The zero-order valence-corrected chi connectivity index (χ0v) is 9.70. The van der Waals surface area contributed by atoms with Crippen LogP contribution in [0.2, 0.25) is 0 Å². The number of benzene rings is 1. The first-order valence-corrected chi connectivity index (χ1v) is 5.58. The highest BCUT2D eigenvalue weighted by molar-refractivity contribution is 5.91. The summed E-state index contributed by atoms with van der Waals surface area (Å²) >= 11 is 0. The number of amides is 1. The predicted octanol–water partition coefficient (Wildman–Crippen LogP) is 1.35. The third-order valence-corrected chi connectivity index (χ3v) is 2.76. The van der Waals surface area contributed by atoms with Crippen LogP contribution in [0, 0.1) is 17.2 Å². The van der Waals surface area contributed by atoms with Crippen molar-refractivity contribution >= 4 is 11.9 Å². The number of ether oxygens (including phenoxy) is 1. The van der Waals surface area contributed by atoms with Gasteiger partial charge in [-0.2, -0.15) is 5.26 Å². The molecule has 1 amide bonds. The lowest BCUT2D eigenvalue weighted by atomic mass is 10.1. The Kier molecular flexibility index (Phi) is 3.58. The minimum absolute atomic E-state index is 0.0359. The zero-order chi connectivity index (χ0) is 13.0. The van der Waals surface area contributed by atoms with Crippen molar-refractivity contribution < 1.29 is 14.3 Å². The second-order valence-corrected chi connectivity index (χ2v) is 4.07. The van der Waals surface area contributed by atoms with Crippen LogP contribution in [0.25, 0.3) is 0 Å². The highest BCUT2D eigenvalue weighted by Gasteiger charge is 2.34. The van der Waals surface area contributed by atoms with E-state index in [-0.39, 0.29) is 25.5 Å². The van der Waals surface area contributed by atoms with Gasteiger partial charge in [-0.1, -0.05) is 30.3 Å². The van der Waals surface area contributed by atoms with Gasteiger partial charge in [0.05, 0.1) is 12.6 Å². The van der Waals surface area contributed by atoms with E-state index in [4.69, 9.17) is 10.00 Å². The van der Waals surface area contributed by atoms with Crippen molar-refractivity contribution in [1.82, 2.24) is 4.90 Å². The van der Waals surface area contributed by atoms with Crippen molar-refractivity contribution in [3.8, 4) is 6.07 Å². The molecule has 0 bridgehead atoms. The molecule has 1 aliphatic rings. The Morgan fingerprint density at radius 2 is 2.17 bits per heavy atom. The third-order valence-electron chi connectivity index (χ3n) is 2.76. The van der Waals surface area contributed by atoms with Crippen molar-refractivity contribution in [1.29, 1.82) is 5.26 Å². The number of carbonyl (C=O) groups is 2. The Morgan fingerprint density at radius 3 is 2.78 bits per heavy atom. The van der Waals surface area contributed by atoms with Crippen molar-refractivity contribution in [2.45, 2.75) is 6.61 Å². The molecule has 1 heterocycles. The van der Waals surface area contributed by atoms with Crippen LogP contribution in [0.5, 0.6) is 0 Å². The summed E-state index contributed by atoms with van der Waals surface area (Å²) in [5.41, 5.74) is 0.883. The van der Waals surface area contributed by atoms with Crippen LogP contribution in [-0.2, 0) is 16.1 Å². The second kappa shape index (κ2) is 5.32. The Bertz CT molecular complexity index is 493. The van der Waals surface area contributed by atoms with Gasteiger partial charge in [-0.05, 0) is 5.56 Å². The molecule has 0 aromatic heterocycles. The maximum Gasteiger partial charge on any atom is 0.410 e. The number of rotatable bonds is 2. The molecule has 5 nitrogen and oxygen atoms in total. The van der Waals surface area contributed by atoms with Crippen LogP contribution in [0.1, 0.15) is 5.56 Å². The first-order valence-electron chi connectivity index (χ1n) is 5.58. The van der Waals surface area contributed by atoms with Crippen LogP contribution in [-0.4, -0.2) is 29.9 Å². The number of nitriles is 1. The van der Waals surface area contributed by atoms with Crippen LogP contribution < -0.4 is 0 Å². The maximum atomic E-state index is 11.7. The molecule has 1 atom stereocenters. The molecule has 0 N–H and O–H groups in total. The van der Waals surface area contributed by atoms with Crippen molar-refractivity contribution in [3.05, 3.63) is 35.9 Å². The van der Waals surface area contributed by atoms with Crippen molar-refractivity contribution in [2.75, 3.05) is 13.1 Å². The normalized spacial score (nSPS) is 18.5. The lowest BCUT2D eigenvalue weighted by molar-refractivity contribution is -0.118. The average molecular weight is 244 g/mol. The quantitative estimate of drug-likeness (QED) is 0.787. The average Bonchev–Trinajstić information content (AvgIpc) is 2.78. The molecule has 1 aromatic carbocycles. The van der Waals surface area contributed by atoms with Crippen LogP contribution in [0.4, 0.5) is 4.79 Å². The van der Waals surface area contributed by atoms with Gasteiger partial charge in [0, 0.05) is 6.54 Å². The molecule has 18 heavy (non-hydrogen) atoms. The van der Waals surface area contributed by atoms with Gasteiger partial charge in [0.1, 0.15) is 12.5 Å². The number of hydrogen-bond acceptors (Lipinski definition) is 4. The summed E-state index contributed by atoms with van der Waals surface area (Å²) in [5.74, 6) is -0.941. The molecule has 2 rings (SSSR count).